The van der Waals surface area contributed by atoms with E-state index in [0.29, 0.717) is 16.5 Å². The number of H-pyrrole nitrogens is 1. The summed E-state index contributed by atoms with van der Waals surface area (Å²) in [5.74, 6) is 0.475. The lowest BCUT2D eigenvalue weighted by Crippen LogP contribution is -2.12. The van der Waals surface area contributed by atoms with Crippen molar-refractivity contribution in [2.45, 2.75) is 11.8 Å². The predicted octanol–water partition coefficient (Wildman–Crippen LogP) is 1.79. The first kappa shape index (κ1) is 14.6. The van der Waals surface area contributed by atoms with Crippen LogP contribution in [0.5, 0.6) is 0 Å². The molecular formula is C13H11ClN4O3S. The Kier molecular flexibility index (Phi) is 3.42. The third-order valence-electron chi connectivity index (χ3n) is 3.10. The highest BCUT2D eigenvalue weighted by Crippen LogP contribution is 2.19. The van der Waals surface area contributed by atoms with Gasteiger partial charge in [0, 0.05) is 16.9 Å². The fraction of sp³-hybridized carbons (Fsp3) is 0.0769. The predicted molar refractivity (Wildman–Crippen MR) is 82.8 cm³/mol. The van der Waals surface area contributed by atoms with Gasteiger partial charge in [-0.25, -0.2) is 13.5 Å². The zero-order valence-corrected chi connectivity index (χ0v) is 12.9. The molecule has 0 aliphatic carbocycles. The van der Waals surface area contributed by atoms with Crippen LogP contribution in [-0.4, -0.2) is 23.0 Å². The number of sulfonamides is 1. The Balaban J connectivity index is 2.06. The molecule has 0 spiro atoms. The Morgan fingerprint density at radius 1 is 1.27 bits per heavy atom. The normalized spacial score (nSPS) is 11.7. The van der Waals surface area contributed by atoms with Gasteiger partial charge >= 0.3 is 0 Å². The van der Waals surface area contributed by atoms with Gasteiger partial charge in [0.2, 0.25) is 0 Å². The van der Waals surface area contributed by atoms with Crippen molar-refractivity contribution in [1.82, 2.24) is 14.6 Å². The van der Waals surface area contributed by atoms with E-state index in [0.717, 1.165) is 0 Å². The number of hydrogen-bond acceptors (Lipinski definition) is 4. The molecule has 0 aliphatic rings. The maximum Gasteiger partial charge on any atom is 0.288 e. The van der Waals surface area contributed by atoms with Gasteiger partial charge in [0.15, 0.2) is 0 Å². The second-order valence-corrected chi connectivity index (χ2v) is 6.76. The van der Waals surface area contributed by atoms with Crippen LogP contribution in [0, 0.1) is 6.92 Å². The molecule has 22 heavy (non-hydrogen) atoms. The van der Waals surface area contributed by atoms with Crippen molar-refractivity contribution in [3.63, 3.8) is 0 Å². The summed E-state index contributed by atoms with van der Waals surface area (Å²) >= 11 is 5.76. The first-order valence-corrected chi connectivity index (χ1v) is 8.09. The van der Waals surface area contributed by atoms with Crippen LogP contribution < -0.4 is 10.3 Å². The van der Waals surface area contributed by atoms with Crippen LogP contribution in [-0.2, 0) is 10.0 Å². The van der Waals surface area contributed by atoms with E-state index in [4.69, 9.17) is 11.6 Å². The fourth-order valence-electron chi connectivity index (χ4n) is 2.00. The largest absolute Gasteiger partial charge is 0.298 e. The smallest absolute Gasteiger partial charge is 0.288 e. The molecule has 114 valence electrons. The summed E-state index contributed by atoms with van der Waals surface area (Å²) in [4.78, 5) is 11.7. The Hall–Kier alpha value is -2.32. The molecule has 0 unspecified atom stereocenters. The molecule has 3 rings (SSSR count). The molecule has 1 aromatic carbocycles. The molecule has 9 heteroatoms. The number of halogens is 1. The van der Waals surface area contributed by atoms with Gasteiger partial charge in [-0.15, -0.1) is 0 Å². The van der Waals surface area contributed by atoms with E-state index >= 15 is 0 Å². The number of anilines is 1. The summed E-state index contributed by atoms with van der Waals surface area (Å²) in [6, 6.07) is 7.55. The van der Waals surface area contributed by atoms with Gasteiger partial charge in [-0.1, -0.05) is 11.6 Å². The van der Waals surface area contributed by atoms with Crippen molar-refractivity contribution in [2.75, 3.05) is 4.72 Å². The Bertz CT molecular complexity index is 1010. The lowest BCUT2D eigenvalue weighted by molar-refractivity contribution is 0.601. The molecular weight excluding hydrogens is 328 g/mol. The maximum atomic E-state index is 12.4. The van der Waals surface area contributed by atoms with Crippen LogP contribution in [0.25, 0.3) is 5.52 Å². The average molecular weight is 339 g/mol. The van der Waals surface area contributed by atoms with E-state index in [9.17, 15) is 13.2 Å². The van der Waals surface area contributed by atoms with Gasteiger partial charge in [-0.05, 0) is 37.3 Å². The van der Waals surface area contributed by atoms with Crippen LogP contribution in [0.4, 0.5) is 5.69 Å². The van der Waals surface area contributed by atoms with E-state index in [1.165, 1.54) is 16.7 Å². The highest BCUT2D eigenvalue weighted by atomic mass is 35.5. The summed E-state index contributed by atoms with van der Waals surface area (Å²) in [5, 5.41) is 6.60. The molecule has 0 fully saturated rings. The van der Waals surface area contributed by atoms with Gasteiger partial charge in [-0.2, -0.15) is 5.10 Å². The van der Waals surface area contributed by atoms with Crippen LogP contribution in [0.3, 0.4) is 0 Å². The second kappa shape index (κ2) is 5.15. The summed E-state index contributed by atoms with van der Waals surface area (Å²) in [5.41, 5.74) is 0.130. The zero-order chi connectivity index (χ0) is 15.9. The van der Waals surface area contributed by atoms with Crippen molar-refractivity contribution in [3.8, 4) is 0 Å². The molecule has 2 aromatic heterocycles. The molecule has 2 heterocycles. The summed E-state index contributed by atoms with van der Waals surface area (Å²) in [6.45, 7) is 1.66. The zero-order valence-electron chi connectivity index (χ0n) is 11.4. The SMILES string of the molecule is Cc1n[nH]c(=O)c2cc(S(=O)(=O)Nc3ccc(Cl)cc3)cn12. The van der Waals surface area contributed by atoms with Crippen molar-refractivity contribution >= 4 is 32.8 Å². The number of benzene rings is 1. The van der Waals surface area contributed by atoms with E-state index < -0.39 is 15.6 Å². The summed E-state index contributed by atoms with van der Waals surface area (Å²) in [6.07, 6.45) is 1.35. The Morgan fingerprint density at radius 3 is 2.59 bits per heavy atom. The summed E-state index contributed by atoms with van der Waals surface area (Å²) < 4.78 is 28.6. The molecule has 0 aliphatic heterocycles. The Morgan fingerprint density at radius 2 is 1.95 bits per heavy atom. The molecule has 0 atom stereocenters. The van der Waals surface area contributed by atoms with Gasteiger partial charge in [-0.3, -0.25) is 13.9 Å². The number of nitrogens with one attached hydrogen (secondary N) is 2. The first-order valence-electron chi connectivity index (χ1n) is 6.22. The molecule has 0 bridgehead atoms. The Labute approximate surface area is 130 Å². The number of fused-ring (bicyclic) bond motifs is 1. The monoisotopic (exact) mass is 338 g/mol. The van der Waals surface area contributed by atoms with Crippen LogP contribution in [0.15, 0.2) is 46.2 Å². The standard InChI is InChI=1S/C13H11ClN4O3S/c1-8-15-16-13(19)12-6-11(7-18(8)12)22(20,21)17-10-4-2-9(14)3-5-10/h2-7,17H,1H3,(H,16,19). The molecule has 7 nitrogen and oxygen atoms in total. The maximum absolute atomic E-state index is 12.4. The number of hydrogen-bond donors (Lipinski definition) is 2. The highest BCUT2D eigenvalue weighted by molar-refractivity contribution is 7.92. The van der Waals surface area contributed by atoms with Crippen molar-refractivity contribution in [2.24, 2.45) is 0 Å². The van der Waals surface area contributed by atoms with Crippen LogP contribution in [0.2, 0.25) is 5.02 Å². The van der Waals surface area contributed by atoms with Crippen molar-refractivity contribution in [1.29, 1.82) is 0 Å². The fourth-order valence-corrected chi connectivity index (χ4v) is 3.20. The highest BCUT2D eigenvalue weighted by Gasteiger charge is 2.18. The lowest BCUT2D eigenvalue weighted by atomic mass is 10.3. The topological polar surface area (TPSA) is 96.3 Å². The quantitative estimate of drug-likeness (QED) is 0.760. The van der Waals surface area contributed by atoms with Gasteiger partial charge in [0.05, 0.1) is 0 Å². The van der Waals surface area contributed by atoms with Gasteiger partial charge in [0.1, 0.15) is 16.2 Å². The average Bonchev–Trinajstić information content (AvgIpc) is 2.93. The van der Waals surface area contributed by atoms with Crippen molar-refractivity contribution < 1.29 is 8.42 Å². The minimum absolute atomic E-state index is 0.0240. The lowest BCUT2D eigenvalue weighted by Gasteiger charge is -2.06. The van der Waals surface area contributed by atoms with E-state index in [1.807, 2.05) is 0 Å². The first-order chi connectivity index (χ1) is 10.4. The van der Waals surface area contributed by atoms with Crippen LogP contribution >= 0.6 is 11.6 Å². The van der Waals surface area contributed by atoms with E-state index in [-0.39, 0.29) is 10.4 Å². The number of aryl methyl sites for hydroxylation is 1. The molecule has 0 saturated heterocycles. The number of nitrogens with zero attached hydrogens (tertiary/aromatic N) is 2. The van der Waals surface area contributed by atoms with Gasteiger partial charge in [0.25, 0.3) is 15.6 Å². The van der Waals surface area contributed by atoms with Crippen molar-refractivity contribution in [3.05, 3.63) is 57.7 Å². The third-order valence-corrected chi connectivity index (χ3v) is 4.70. The number of aromatic amines is 1. The summed E-state index contributed by atoms with van der Waals surface area (Å²) in [7, 11) is -3.82. The van der Waals surface area contributed by atoms with E-state index in [2.05, 4.69) is 14.9 Å². The molecule has 2 N–H and O–H groups in total. The molecule has 0 radical (unpaired) electrons. The number of rotatable bonds is 3. The molecule has 3 aromatic rings. The number of aromatic nitrogens is 3. The van der Waals surface area contributed by atoms with E-state index in [1.54, 1.807) is 31.2 Å². The van der Waals surface area contributed by atoms with Gasteiger partial charge < -0.3 is 0 Å². The minimum atomic E-state index is -3.82. The second-order valence-electron chi connectivity index (χ2n) is 4.64. The molecule has 0 amide bonds. The minimum Gasteiger partial charge on any atom is -0.298 e. The van der Waals surface area contributed by atoms with Crippen LogP contribution in [0.1, 0.15) is 5.82 Å². The molecule has 0 saturated carbocycles. The third kappa shape index (κ3) is 2.58.